The number of nitrogens with one attached hydrogen (secondary N) is 2. The summed E-state index contributed by atoms with van der Waals surface area (Å²) in [4.78, 5) is 25.2. The second kappa shape index (κ2) is 12.0. The Bertz CT molecular complexity index is 1640. The maximum atomic E-state index is 12.8. The van der Waals surface area contributed by atoms with Gasteiger partial charge >= 0.3 is 5.97 Å². The van der Waals surface area contributed by atoms with Crippen molar-refractivity contribution in [3.05, 3.63) is 103 Å². The second-order valence-electron chi connectivity index (χ2n) is 8.96. The number of ether oxygens (including phenoxy) is 4. The fourth-order valence-electron chi connectivity index (χ4n) is 3.84. The van der Waals surface area contributed by atoms with Crippen LogP contribution in [0, 0.1) is 0 Å². The highest BCUT2D eigenvalue weighted by molar-refractivity contribution is 7.92. The molecule has 1 aliphatic heterocycles. The minimum atomic E-state index is -3.92. The van der Waals surface area contributed by atoms with Crippen LogP contribution in [0.1, 0.15) is 17.3 Å². The molecule has 41 heavy (non-hydrogen) atoms. The first-order valence-electron chi connectivity index (χ1n) is 12.6. The monoisotopic (exact) mass is 574 g/mol. The van der Waals surface area contributed by atoms with Gasteiger partial charge in [-0.05, 0) is 79.7 Å². The molecule has 0 radical (unpaired) electrons. The molecule has 1 aliphatic rings. The molecule has 11 heteroatoms. The zero-order valence-corrected chi connectivity index (χ0v) is 22.7. The van der Waals surface area contributed by atoms with E-state index in [1.165, 1.54) is 49.4 Å². The number of carbonyl (C=O) groups is 2. The molecule has 4 aromatic rings. The molecular formula is C30H26N2O8S. The number of anilines is 2. The summed E-state index contributed by atoms with van der Waals surface area (Å²) >= 11 is 0. The Morgan fingerprint density at radius 2 is 1.41 bits per heavy atom. The summed E-state index contributed by atoms with van der Waals surface area (Å²) in [5.74, 6) is 0.872. The van der Waals surface area contributed by atoms with Crippen molar-refractivity contribution < 1.29 is 37.0 Å². The van der Waals surface area contributed by atoms with Crippen LogP contribution in [-0.4, -0.2) is 39.6 Å². The fourth-order valence-corrected chi connectivity index (χ4v) is 4.91. The largest absolute Gasteiger partial charge is 0.486 e. The van der Waals surface area contributed by atoms with E-state index in [1.54, 1.807) is 24.3 Å². The third-order valence-corrected chi connectivity index (χ3v) is 7.33. The van der Waals surface area contributed by atoms with Crippen molar-refractivity contribution in [1.29, 1.82) is 0 Å². The summed E-state index contributed by atoms with van der Waals surface area (Å²) in [6.07, 6.45) is -1.09. The van der Waals surface area contributed by atoms with Gasteiger partial charge in [-0.3, -0.25) is 9.52 Å². The highest BCUT2D eigenvalue weighted by Gasteiger charge is 2.21. The molecule has 1 atom stereocenters. The van der Waals surface area contributed by atoms with Crippen molar-refractivity contribution in [3.63, 3.8) is 0 Å². The van der Waals surface area contributed by atoms with E-state index in [0.29, 0.717) is 41.9 Å². The topological polar surface area (TPSA) is 129 Å². The third kappa shape index (κ3) is 6.95. The van der Waals surface area contributed by atoms with Gasteiger partial charge in [-0.15, -0.1) is 0 Å². The van der Waals surface area contributed by atoms with E-state index in [4.69, 9.17) is 18.9 Å². The van der Waals surface area contributed by atoms with Crippen molar-refractivity contribution in [2.45, 2.75) is 17.9 Å². The standard InChI is InChI=1S/C30H26N2O8S/c1-20(29(33)31-22-11-13-25(14-12-22)40-24-5-3-2-4-6-24)39-30(34)21-7-9-23(10-8-21)32-41(35,36)26-15-16-27-28(19-26)38-18-17-37-27/h2-16,19-20,32H,17-18H2,1H3,(H,31,33)/t20-/m0/s1. The van der Waals surface area contributed by atoms with Gasteiger partial charge < -0.3 is 24.3 Å². The molecule has 0 aliphatic carbocycles. The minimum Gasteiger partial charge on any atom is -0.486 e. The number of sulfonamides is 1. The van der Waals surface area contributed by atoms with E-state index in [-0.39, 0.29) is 16.1 Å². The first-order valence-corrected chi connectivity index (χ1v) is 14.1. The van der Waals surface area contributed by atoms with Crippen LogP contribution >= 0.6 is 0 Å². The molecule has 4 aromatic carbocycles. The molecule has 1 amide bonds. The molecule has 0 bridgehead atoms. The van der Waals surface area contributed by atoms with E-state index in [2.05, 4.69) is 10.0 Å². The predicted molar refractivity (Wildman–Crippen MR) is 151 cm³/mol. The molecule has 0 unspecified atom stereocenters. The maximum absolute atomic E-state index is 12.8. The van der Waals surface area contributed by atoms with Gasteiger partial charge in [-0.25, -0.2) is 13.2 Å². The van der Waals surface area contributed by atoms with Crippen molar-refractivity contribution >= 4 is 33.3 Å². The first kappa shape index (κ1) is 27.5. The number of hydrogen-bond donors (Lipinski definition) is 2. The van der Waals surface area contributed by atoms with Gasteiger partial charge in [0, 0.05) is 17.4 Å². The Balaban J connectivity index is 1.14. The molecule has 5 rings (SSSR count). The Kier molecular flexibility index (Phi) is 8.06. The molecule has 0 spiro atoms. The summed E-state index contributed by atoms with van der Waals surface area (Å²) in [6.45, 7) is 2.18. The molecule has 2 N–H and O–H groups in total. The lowest BCUT2D eigenvalue weighted by Crippen LogP contribution is -2.30. The van der Waals surface area contributed by atoms with Gasteiger partial charge in [0.25, 0.3) is 15.9 Å². The summed E-state index contributed by atoms with van der Waals surface area (Å²) in [7, 11) is -3.92. The maximum Gasteiger partial charge on any atom is 0.338 e. The van der Waals surface area contributed by atoms with Gasteiger partial charge in [0.2, 0.25) is 0 Å². The van der Waals surface area contributed by atoms with E-state index < -0.39 is 28.0 Å². The SMILES string of the molecule is C[C@H](OC(=O)c1ccc(NS(=O)(=O)c2ccc3c(c2)OCCO3)cc1)C(=O)Nc1ccc(Oc2ccccc2)cc1. The van der Waals surface area contributed by atoms with Gasteiger partial charge in [0.1, 0.15) is 24.7 Å². The number of hydrogen-bond acceptors (Lipinski definition) is 8. The van der Waals surface area contributed by atoms with Crippen molar-refractivity contribution in [3.8, 4) is 23.0 Å². The zero-order chi connectivity index (χ0) is 28.8. The van der Waals surface area contributed by atoms with Crippen molar-refractivity contribution in [1.82, 2.24) is 0 Å². The number of benzene rings is 4. The normalized spacial score (nSPS) is 13.0. The van der Waals surface area contributed by atoms with Gasteiger partial charge in [-0.1, -0.05) is 18.2 Å². The molecule has 0 fully saturated rings. The molecular weight excluding hydrogens is 548 g/mol. The van der Waals surface area contributed by atoms with E-state index in [9.17, 15) is 18.0 Å². The molecule has 0 aromatic heterocycles. The number of esters is 1. The lowest BCUT2D eigenvalue weighted by atomic mass is 10.2. The van der Waals surface area contributed by atoms with Gasteiger partial charge in [0.15, 0.2) is 17.6 Å². The summed E-state index contributed by atoms with van der Waals surface area (Å²) < 4.78 is 50.0. The van der Waals surface area contributed by atoms with Crippen LogP contribution in [0.3, 0.4) is 0 Å². The number of carbonyl (C=O) groups excluding carboxylic acids is 2. The fraction of sp³-hybridized carbons (Fsp3) is 0.133. The van der Waals surface area contributed by atoms with Crippen molar-refractivity contribution in [2.75, 3.05) is 23.3 Å². The van der Waals surface area contributed by atoms with Crippen LogP contribution in [0.2, 0.25) is 0 Å². The Labute approximate surface area is 236 Å². The number of amides is 1. The van der Waals surface area contributed by atoms with Crippen LogP contribution in [0.5, 0.6) is 23.0 Å². The highest BCUT2D eigenvalue weighted by atomic mass is 32.2. The van der Waals surface area contributed by atoms with Crippen LogP contribution < -0.4 is 24.2 Å². The molecule has 0 saturated carbocycles. The predicted octanol–water partition coefficient (Wildman–Crippen LogP) is 5.23. The van der Waals surface area contributed by atoms with Crippen molar-refractivity contribution in [2.24, 2.45) is 0 Å². The lowest BCUT2D eigenvalue weighted by molar-refractivity contribution is -0.123. The summed E-state index contributed by atoms with van der Waals surface area (Å²) in [5.41, 5.74) is 0.893. The Morgan fingerprint density at radius 3 is 2.12 bits per heavy atom. The molecule has 210 valence electrons. The van der Waals surface area contributed by atoms with Crippen LogP contribution in [0.4, 0.5) is 11.4 Å². The van der Waals surface area contributed by atoms with Crippen LogP contribution in [0.15, 0.2) is 102 Å². The number of rotatable bonds is 9. The van der Waals surface area contributed by atoms with Gasteiger partial charge in [-0.2, -0.15) is 0 Å². The Morgan fingerprint density at radius 1 is 0.780 bits per heavy atom. The summed E-state index contributed by atoms with van der Waals surface area (Å²) in [5, 5.41) is 2.69. The average Bonchev–Trinajstić information content (AvgIpc) is 2.98. The van der Waals surface area contributed by atoms with Crippen LogP contribution in [-0.2, 0) is 19.6 Å². The third-order valence-electron chi connectivity index (χ3n) is 5.95. The summed E-state index contributed by atoms with van der Waals surface area (Å²) in [6, 6.07) is 26.1. The number of para-hydroxylation sites is 1. The first-order chi connectivity index (χ1) is 19.8. The van der Waals surface area contributed by atoms with E-state index in [0.717, 1.165) is 0 Å². The van der Waals surface area contributed by atoms with E-state index in [1.807, 2.05) is 30.3 Å². The number of fused-ring (bicyclic) bond motifs is 1. The average molecular weight is 575 g/mol. The zero-order valence-electron chi connectivity index (χ0n) is 21.9. The lowest BCUT2D eigenvalue weighted by Gasteiger charge is -2.19. The highest BCUT2D eigenvalue weighted by Crippen LogP contribution is 2.33. The molecule has 10 nitrogen and oxygen atoms in total. The smallest absolute Gasteiger partial charge is 0.338 e. The second-order valence-corrected chi connectivity index (χ2v) is 10.6. The molecule has 0 saturated heterocycles. The quantitative estimate of drug-likeness (QED) is 0.260. The molecule has 1 heterocycles. The Hall–Kier alpha value is -5.03. The minimum absolute atomic E-state index is 0.00318. The van der Waals surface area contributed by atoms with Crippen LogP contribution in [0.25, 0.3) is 0 Å². The van der Waals surface area contributed by atoms with Gasteiger partial charge in [0.05, 0.1) is 10.5 Å². The van der Waals surface area contributed by atoms with E-state index >= 15 is 0 Å².